The quantitative estimate of drug-likeness (QED) is 0.648. The normalized spacial score (nSPS) is 12.3. The molecule has 0 aliphatic carbocycles. The molecular weight excluding hydrogens is 378 g/mol. The van der Waals surface area contributed by atoms with E-state index in [0.717, 1.165) is 10.2 Å². The summed E-state index contributed by atoms with van der Waals surface area (Å²) in [5, 5.41) is 3.08. The SMILES string of the molecule is CCC(Sc1nc2ncccc2o1)C(=O)Nc1ccc(Br)cc1. The number of hydrogen-bond acceptors (Lipinski definition) is 5. The van der Waals surface area contributed by atoms with Crippen molar-refractivity contribution >= 4 is 50.5 Å². The Hall–Kier alpha value is -1.86. The first kappa shape index (κ1) is 16.0. The number of aromatic nitrogens is 2. The van der Waals surface area contributed by atoms with Gasteiger partial charge in [-0.15, -0.1) is 0 Å². The summed E-state index contributed by atoms with van der Waals surface area (Å²) < 4.78 is 6.59. The minimum absolute atomic E-state index is 0.0740. The number of carbonyl (C=O) groups excluding carboxylic acids is 1. The van der Waals surface area contributed by atoms with E-state index < -0.39 is 0 Å². The number of pyridine rings is 1. The van der Waals surface area contributed by atoms with Crippen molar-refractivity contribution in [3.63, 3.8) is 0 Å². The van der Waals surface area contributed by atoms with Crippen molar-refractivity contribution in [1.82, 2.24) is 9.97 Å². The molecule has 0 radical (unpaired) electrons. The van der Waals surface area contributed by atoms with Gasteiger partial charge in [-0.3, -0.25) is 4.79 Å². The van der Waals surface area contributed by atoms with E-state index in [1.807, 2.05) is 37.3 Å². The first-order chi connectivity index (χ1) is 11.2. The summed E-state index contributed by atoms with van der Waals surface area (Å²) in [7, 11) is 0. The number of carbonyl (C=O) groups is 1. The van der Waals surface area contributed by atoms with Gasteiger partial charge in [-0.2, -0.15) is 4.98 Å². The molecule has 3 rings (SSSR count). The number of hydrogen-bond donors (Lipinski definition) is 1. The van der Waals surface area contributed by atoms with Crippen molar-refractivity contribution in [2.24, 2.45) is 0 Å². The lowest BCUT2D eigenvalue weighted by Gasteiger charge is -2.12. The van der Waals surface area contributed by atoms with Crippen molar-refractivity contribution in [2.45, 2.75) is 23.8 Å². The molecule has 3 aromatic rings. The minimum atomic E-state index is -0.285. The highest BCUT2D eigenvalue weighted by Gasteiger charge is 2.21. The van der Waals surface area contributed by atoms with Gasteiger partial charge in [-0.1, -0.05) is 34.6 Å². The van der Waals surface area contributed by atoms with Crippen molar-refractivity contribution in [3.05, 3.63) is 47.1 Å². The van der Waals surface area contributed by atoms with E-state index in [1.54, 1.807) is 12.3 Å². The molecule has 0 saturated carbocycles. The smallest absolute Gasteiger partial charge is 0.259 e. The maximum Gasteiger partial charge on any atom is 0.259 e. The molecule has 1 atom stereocenters. The van der Waals surface area contributed by atoms with Crippen molar-refractivity contribution < 1.29 is 9.21 Å². The maximum absolute atomic E-state index is 12.4. The van der Waals surface area contributed by atoms with Crippen LogP contribution in [0.4, 0.5) is 5.69 Å². The number of nitrogens with one attached hydrogen (secondary N) is 1. The van der Waals surface area contributed by atoms with Gasteiger partial charge in [0.15, 0.2) is 11.2 Å². The second-order valence-electron chi connectivity index (χ2n) is 4.82. The molecule has 0 bridgehead atoms. The van der Waals surface area contributed by atoms with Gasteiger partial charge in [0.25, 0.3) is 5.22 Å². The Morgan fingerprint density at radius 2 is 2.13 bits per heavy atom. The second-order valence-corrected chi connectivity index (χ2v) is 6.89. The van der Waals surface area contributed by atoms with Gasteiger partial charge >= 0.3 is 0 Å². The van der Waals surface area contributed by atoms with Gasteiger partial charge in [0.2, 0.25) is 5.91 Å². The molecule has 0 fully saturated rings. The molecular formula is C16H14BrN3O2S. The monoisotopic (exact) mass is 391 g/mol. The van der Waals surface area contributed by atoms with Crippen LogP contribution < -0.4 is 5.32 Å². The van der Waals surface area contributed by atoms with E-state index in [9.17, 15) is 4.79 Å². The van der Waals surface area contributed by atoms with Crippen LogP contribution in [0.1, 0.15) is 13.3 Å². The van der Waals surface area contributed by atoms with Gasteiger partial charge in [0, 0.05) is 16.4 Å². The van der Waals surface area contributed by atoms with Crippen LogP contribution in [0.5, 0.6) is 0 Å². The van der Waals surface area contributed by atoms with E-state index in [-0.39, 0.29) is 11.2 Å². The lowest BCUT2D eigenvalue weighted by atomic mass is 10.3. The summed E-state index contributed by atoms with van der Waals surface area (Å²) in [4.78, 5) is 20.9. The second kappa shape index (κ2) is 7.14. The maximum atomic E-state index is 12.4. The third kappa shape index (κ3) is 3.92. The first-order valence-corrected chi connectivity index (χ1v) is 8.77. The van der Waals surface area contributed by atoms with Crippen LogP contribution in [0.3, 0.4) is 0 Å². The third-order valence-electron chi connectivity index (χ3n) is 3.16. The largest absolute Gasteiger partial charge is 0.430 e. The Morgan fingerprint density at radius 1 is 1.35 bits per heavy atom. The molecule has 5 nitrogen and oxygen atoms in total. The van der Waals surface area contributed by atoms with Crippen LogP contribution in [0.2, 0.25) is 0 Å². The molecule has 0 aliphatic rings. The van der Waals surface area contributed by atoms with Crippen LogP contribution in [0.15, 0.2) is 56.7 Å². The Kier molecular flexibility index (Phi) is 4.97. The number of thioether (sulfide) groups is 1. The highest BCUT2D eigenvalue weighted by molar-refractivity contribution is 9.10. The summed E-state index contributed by atoms with van der Waals surface area (Å²) in [5.41, 5.74) is 1.94. The highest BCUT2D eigenvalue weighted by Crippen LogP contribution is 2.28. The molecule has 0 spiro atoms. The zero-order valence-electron chi connectivity index (χ0n) is 12.3. The highest BCUT2D eigenvalue weighted by atomic mass is 79.9. The number of anilines is 1. The number of amides is 1. The predicted octanol–water partition coefficient (Wildman–Crippen LogP) is 4.49. The summed E-state index contributed by atoms with van der Waals surface area (Å²) in [6.45, 7) is 1.96. The van der Waals surface area contributed by atoms with E-state index in [1.165, 1.54) is 11.8 Å². The topological polar surface area (TPSA) is 68.0 Å². The number of rotatable bonds is 5. The van der Waals surface area contributed by atoms with Crippen LogP contribution in [-0.2, 0) is 4.79 Å². The van der Waals surface area contributed by atoms with E-state index in [0.29, 0.717) is 22.9 Å². The first-order valence-electron chi connectivity index (χ1n) is 7.10. The Morgan fingerprint density at radius 3 is 2.83 bits per heavy atom. The lowest BCUT2D eigenvalue weighted by Crippen LogP contribution is -2.24. The number of halogens is 1. The fourth-order valence-electron chi connectivity index (χ4n) is 2.00. The molecule has 2 aromatic heterocycles. The molecule has 1 amide bonds. The molecule has 118 valence electrons. The van der Waals surface area contributed by atoms with E-state index in [4.69, 9.17) is 4.42 Å². The average Bonchev–Trinajstić information content (AvgIpc) is 2.97. The van der Waals surface area contributed by atoms with Crippen LogP contribution >= 0.6 is 27.7 Å². The van der Waals surface area contributed by atoms with Crippen molar-refractivity contribution in [1.29, 1.82) is 0 Å². The molecule has 1 aromatic carbocycles. The zero-order chi connectivity index (χ0) is 16.2. The van der Waals surface area contributed by atoms with Crippen molar-refractivity contribution in [3.8, 4) is 0 Å². The Labute approximate surface area is 146 Å². The Balaban J connectivity index is 1.71. The lowest BCUT2D eigenvalue weighted by molar-refractivity contribution is -0.115. The van der Waals surface area contributed by atoms with Gasteiger partial charge in [-0.05, 0) is 42.8 Å². The fourth-order valence-corrected chi connectivity index (χ4v) is 3.12. The molecule has 0 saturated heterocycles. The van der Waals surface area contributed by atoms with Crippen LogP contribution in [0, 0.1) is 0 Å². The summed E-state index contributed by atoms with van der Waals surface area (Å²) in [6.07, 6.45) is 2.33. The van der Waals surface area contributed by atoms with Crippen molar-refractivity contribution in [2.75, 3.05) is 5.32 Å². The number of nitrogens with zero attached hydrogens (tertiary/aromatic N) is 2. The minimum Gasteiger partial charge on any atom is -0.430 e. The molecule has 2 heterocycles. The number of benzene rings is 1. The predicted molar refractivity (Wildman–Crippen MR) is 94.5 cm³/mol. The molecule has 7 heteroatoms. The molecule has 1 N–H and O–H groups in total. The summed E-state index contributed by atoms with van der Waals surface area (Å²) in [5.74, 6) is -0.0740. The van der Waals surface area contributed by atoms with Gasteiger partial charge in [-0.25, -0.2) is 4.98 Å². The van der Waals surface area contributed by atoms with Crippen LogP contribution in [-0.4, -0.2) is 21.1 Å². The molecule has 1 unspecified atom stereocenters. The third-order valence-corrected chi connectivity index (χ3v) is 4.90. The van der Waals surface area contributed by atoms with Gasteiger partial charge in [0.05, 0.1) is 5.25 Å². The van der Waals surface area contributed by atoms with E-state index in [2.05, 4.69) is 31.2 Å². The van der Waals surface area contributed by atoms with Gasteiger partial charge in [0.1, 0.15) is 0 Å². The molecule has 23 heavy (non-hydrogen) atoms. The number of oxazole rings is 1. The summed E-state index contributed by atoms with van der Waals surface area (Å²) in [6, 6.07) is 11.1. The van der Waals surface area contributed by atoms with Crippen LogP contribution in [0.25, 0.3) is 11.2 Å². The zero-order valence-corrected chi connectivity index (χ0v) is 14.7. The number of fused-ring (bicyclic) bond motifs is 1. The Bertz CT molecular complexity index is 787. The van der Waals surface area contributed by atoms with Gasteiger partial charge < -0.3 is 9.73 Å². The summed E-state index contributed by atoms with van der Waals surface area (Å²) >= 11 is 4.68. The molecule has 0 aliphatic heterocycles. The van der Waals surface area contributed by atoms with E-state index >= 15 is 0 Å². The fraction of sp³-hybridized carbons (Fsp3) is 0.188. The average molecular weight is 392 g/mol. The standard InChI is InChI=1S/C16H14BrN3O2S/c1-2-13(15(21)19-11-7-5-10(17)6-8-11)23-16-20-14-12(22-16)4-3-9-18-14/h3-9,13H,2H2,1H3,(H,19,21).